The van der Waals surface area contributed by atoms with Gasteiger partial charge in [0, 0.05) is 0 Å². The number of rotatable bonds is 26. The van der Waals surface area contributed by atoms with Crippen LogP contribution in [0.4, 0.5) is 0 Å². The maximum absolute atomic E-state index is 12.1. The smallest absolute Gasteiger partial charge is 0.349 e. The van der Waals surface area contributed by atoms with Crippen LogP contribution in [0.1, 0.15) is 67.7 Å². The number of ether oxygens (including phenoxy) is 7. The summed E-state index contributed by atoms with van der Waals surface area (Å²) in [4.78, 5) is 93.7. The van der Waals surface area contributed by atoms with Gasteiger partial charge in [0.05, 0.1) is 49.9 Å². The SMILES string of the molecule is CCC(C)(C)C(=O)OCC(=O)Oc1ccc([S+](c2ccccc2)c2ccccc2)cc1.CCC(C)C(=O)OCC(=O)OCC(=O)Oc1ccc([S+](c2ccccc2)c2ccccc2)cc1.CCC(C)C(=O)OCC(=O)Oc1ccc([S+](c2ccccc2)c2ccccc2)cc1. The van der Waals surface area contributed by atoms with E-state index in [1.165, 1.54) is 29.4 Å². The van der Waals surface area contributed by atoms with Crippen molar-refractivity contribution >= 4 is 74.5 Å². The Morgan fingerprint density at radius 1 is 0.305 bits per heavy atom. The van der Waals surface area contributed by atoms with Crippen molar-refractivity contribution in [3.05, 3.63) is 255 Å². The topological polar surface area (TPSA) is 184 Å². The van der Waals surface area contributed by atoms with Crippen molar-refractivity contribution in [1.82, 2.24) is 0 Å². The van der Waals surface area contributed by atoms with Crippen molar-refractivity contribution in [2.75, 3.05) is 26.4 Å². The molecule has 2 atom stereocenters. The molecule has 2 unspecified atom stereocenters. The fourth-order valence-corrected chi connectivity index (χ4v) is 14.8. The second-order valence-corrected chi connectivity index (χ2v) is 28.0. The lowest BCUT2D eigenvalue weighted by Gasteiger charge is -2.19. The third kappa shape index (κ3) is 23.1. The summed E-state index contributed by atoms with van der Waals surface area (Å²) in [5, 5.41) is 0. The molecule has 0 radical (unpaired) electrons. The Morgan fingerprint density at radius 2 is 0.526 bits per heavy atom. The summed E-state index contributed by atoms with van der Waals surface area (Å²) in [5.41, 5.74) is -0.618. The number of carbonyl (C=O) groups is 7. The van der Waals surface area contributed by atoms with Crippen LogP contribution in [0.3, 0.4) is 0 Å². The summed E-state index contributed by atoms with van der Waals surface area (Å²) in [7, 11) is -0.835. The molecule has 0 fully saturated rings. The number of carbonyl (C=O) groups excluding carboxylic acids is 7. The number of hydrogen-bond donors (Lipinski definition) is 0. The van der Waals surface area contributed by atoms with Crippen LogP contribution in [0.25, 0.3) is 0 Å². The van der Waals surface area contributed by atoms with Crippen LogP contribution in [-0.2, 0) is 85.2 Å². The fourth-order valence-electron chi connectivity index (χ4n) is 8.50. The third-order valence-electron chi connectivity index (χ3n) is 14.5. The van der Waals surface area contributed by atoms with E-state index in [1.807, 2.05) is 166 Å². The van der Waals surface area contributed by atoms with Gasteiger partial charge in [-0.15, -0.1) is 0 Å². The summed E-state index contributed by atoms with van der Waals surface area (Å²) in [6, 6.07) is 84.0. The van der Waals surface area contributed by atoms with E-state index in [0.29, 0.717) is 36.5 Å². The second kappa shape index (κ2) is 37.9. The van der Waals surface area contributed by atoms with Gasteiger partial charge in [0.15, 0.2) is 70.5 Å². The van der Waals surface area contributed by atoms with Gasteiger partial charge in [-0.1, -0.05) is 144 Å². The quantitative estimate of drug-likeness (QED) is 0.0216. The van der Waals surface area contributed by atoms with Crippen molar-refractivity contribution in [3.8, 4) is 17.2 Å². The lowest BCUT2D eigenvalue weighted by Crippen LogP contribution is -2.29. The van der Waals surface area contributed by atoms with Gasteiger partial charge < -0.3 is 33.2 Å². The summed E-state index contributed by atoms with van der Waals surface area (Å²) in [6.07, 6.45) is 1.91. The highest BCUT2D eigenvalue weighted by Crippen LogP contribution is 2.35. The molecule has 0 saturated heterocycles. The predicted molar refractivity (Wildman–Crippen MR) is 368 cm³/mol. The standard InChI is InChI=1S/C27H27O6S.C26H27O4S.C25H25O4S/c1-3-20(2)27(30)32-18-25(28)31-19-26(29)33-21-14-16-24(17-15-21)34(22-10-6-4-7-11-22)23-12-8-5-9-13-23;1-4-26(2,3)25(28)29-19-24(27)30-20-15-17-23(18-16-20)31(21-11-7-5-8-12-21)22-13-9-6-10-14-22;1-3-19(2)25(27)28-18-24(26)29-20-14-16-23(17-15-20)30(21-10-6-4-7-11-21)22-12-8-5-9-13-22/h4-17,20H,3,18-19H2,1-2H3;5-18H,4,19H2,1-3H3;4-17,19H,3,18H2,1-2H3/q3*+1. The van der Waals surface area contributed by atoms with Crippen LogP contribution in [0.2, 0.25) is 0 Å². The van der Waals surface area contributed by atoms with Crippen molar-refractivity contribution < 1.29 is 66.7 Å². The molecule has 14 nitrogen and oxygen atoms in total. The molecule has 0 bridgehead atoms. The van der Waals surface area contributed by atoms with E-state index in [0.717, 1.165) is 14.7 Å². The van der Waals surface area contributed by atoms with Crippen molar-refractivity contribution in [3.63, 3.8) is 0 Å². The first-order valence-corrected chi connectivity index (χ1v) is 34.8. The summed E-state index contributed by atoms with van der Waals surface area (Å²) in [6.45, 7) is 10.8. The summed E-state index contributed by atoms with van der Waals surface area (Å²) < 4.78 is 35.7. The molecular weight excluding hydrogens is 1260 g/mol. The van der Waals surface area contributed by atoms with Crippen LogP contribution in [0.15, 0.2) is 299 Å². The molecular formula is C78H79O14S3+3. The average molecular weight is 1340 g/mol. The Hall–Kier alpha value is -9.68. The maximum atomic E-state index is 12.1. The number of hydrogen-bond acceptors (Lipinski definition) is 14. The molecule has 490 valence electrons. The Bertz CT molecular complexity index is 3730. The fraction of sp³-hybridized carbons (Fsp3) is 0.218. The molecule has 0 N–H and O–H groups in total. The Morgan fingerprint density at radius 3 is 0.768 bits per heavy atom. The molecule has 0 aliphatic carbocycles. The molecule has 9 rings (SSSR count). The zero-order chi connectivity index (χ0) is 68.0. The van der Waals surface area contributed by atoms with Crippen molar-refractivity contribution in [1.29, 1.82) is 0 Å². The highest BCUT2D eigenvalue weighted by atomic mass is 32.2. The van der Waals surface area contributed by atoms with E-state index in [-0.39, 0.29) is 57.1 Å². The number of esters is 7. The normalized spacial score (nSPS) is 11.5. The van der Waals surface area contributed by atoms with Gasteiger partial charge >= 0.3 is 41.8 Å². The van der Waals surface area contributed by atoms with E-state index in [4.69, 9.17) is 33.2 Å². The molecule has 0 heterocycles. The van der Waals surface area contributed by atoms with E-state index >= 15 is 0 Å². The van der Waals surface area contributed by atoms with Crippen LogP contribution in [0, 0.1) is 17.3 Å². The molecule has 17 heteroatoms. The van der Waals surface area contributed by atoms with Crippen LogP contribution >= 0.6 is 0 Å². The third-order valence-corrected chi connectivity index (χ3v) is 21.2. The number of benzene rings is 9. The first-order chi connectivity index (χ1) is 46.0. The van der Waals surface area contributed by atoms with E-state index in [1.54, 1.807) is 64.1 Å². The zero-order valence-electron chi connectivity index (χ0n) is 54.3. The molecule has 0 aliphatic heterocycles. The Labute approximate surface area is 565 Å². The molecule has 95 heavy (non-hydrogen) atoms. The van der Waals surface area contributed by atoms with Gasteiger partial charge in [-0.2, -0.15) is 0 Å². The van der Waals surface area contributed by atoms with Gasteiger partial charge in [0.1, 0.15) is 17.2 Å². The van der Waals surface area contributed by atoms with Crippen LogP contribution in [-0.4, -0.2) is 68.2 Å². The second-order valence-electron chi connectivity index (χ2n) is 21.9. The maximum Gasteiger partial charge on any atom is 0.349 e. The molecule has 0 saturated carbocycles. The van der Waals surface area contributed by atoms with Crippen molar-refractivity contribution in [2.45, 2.75) is 112 Å². The molecule has 0 aromatic heterocycles. The monoisotopic (exact) mass is 1340 g/mol. The van der Waals surface area contributed by atoms with E-state index in [9.17, 15) is 33.6 Å². The predicted octanol–water partition coefficient (Wildman–Crippen LogP) is 15.8. The largest absolute Gasteiger partial charge is 0.453 e. The molecule has 9 aromatic rings. The van der Waals surface area contributed by atoms with Gasteiger partial charge in [-0.05, 0) is 179 Å². The van der Waals surface area contributed by atoms with Crippen LogP contribution in [0.5, 0.6) is 17.2 Å². The zero-order valence-corrected chi connectivity index (χ0v) is 56.7. The minimum absolute atomic E-state index is 0.231. The first kappa shape index (κ1) is 72.7. The first-order valence-electron chi connectivity index (χ1n) is 31.1. The van der Waals surface area contributed by atoms with E-state index in [2.05, 4.69) is 72.8 Å². The van der Waals surface area contributed by atoms with E-state index < -0.39 is 61.1 Å². The van der Waals surface area contributed by atoms with Gasteiger partial charge in [0.2, 0.25) is 0 Å². The lowest BCUT2D eigenvalue weighted by molar-refractivity contribution is -0.164. The molecule has 0 aliphatic rings. The van der Waals surface area contributed by atoms with Crippen LogP contribution < -0.4 is 14.2 Å². The average Bonchev–Trinajstić information content (AvgIpc) is 0.852. The van der Waals surface area contributed by atoms with Crippen molar-refractivity contribution in [2.24, 2.45) is 17.3 Å². The Kier molecular flexibility index (Phi) is 29.0. The lowest BCUT2D eigenvalue weighted by atomic mass is 9.91. The summed E-state index contributed by atoms with van der Waals surface area (Å²) in [5.74, 6) is -3.34. The van der Waals surface area contributed by atoms with Gasteiger partial charge in [-0.3, -0.25) is 14.4 Å². The highest BCUT2D eigenvalue weighted by molar-refractivity contribution is 7.97. The minimum atomic E-state index is -0.807. The van der Waals surface area contributed by atoms with Gasteiger partial charge in [-0.25, -0.2) is 19.2 Å². The Balaban J connectivity index is 0.000000202. The molecule has 9 aromatic carbocycles. The molecule has 0 spiro atoms. The van der Waals surface area contributed by atoms with Gasteiger partial charge in [0.25, 0.3) is 0 Å². The highest BCUT2D eigenvalue weighted by Gasteiger charge is 2.32. The molecule has 0 amide bonds. The summed E-state index contributed by atoms with van der Waals surface area (Å²) >= 11 is 0. The minimum Gasteiger partial charge on any atom is -0.453 e.